The van der Waals surface area contributed by atoms with Gasteiger partial charge in [0, 0.05) is 29.2 Å². The third-order valence-corrected chi connectivity index (χ3v) is 6.58. The average Bonchev–Trinajstić information content (AvgIpc) is 3.38. The molecule has 3 heterocycles. The summed E-state index contributed by atoms with van der Waals surface area (Å²) in [5, 5.41) is 14.7. The third-order valence-electron chi connectivity index (χ3n) is 6.17. The van der Waals surface area contributed by atoms with Gasteiger partial charge in [-0.05, 0) is 42.5 Å². The van der Waals surface area contributed by atoms with Gasteiger partial charge in [-0.1, -0.05) is 54.1 Å². The van der Waals surface area contributed by atoms with Crippen molar-refractivity contribution in [2.45, 2.75) is 38.8 Å². The highest BCUT2D eigenvalue weighted by atomic mass is 35.5. The number of aromatic nitrogens is 3. The zero-order valence-electron chi connectivity index (χ0n) is 17.7. The van der Waals surface area contributed by atoms with Crippen molar-refractivity contribution in [3.8, 4) is 11.1 Å². The minimum absolute atomic E-state index is 0.348. The van der Waals surface area contributed by atoms with Crippen LogP contribution in [0.25, 0.3) is 22.2 Å². The highest BCUT2D eigenvalue weighted by Crippen LogP contribution is 2.42. The molecule has 0 aliphatic carbocycles. The monoisotopic (exact) mass is 446 g/mol. The maximum absolute atomic E-state index is 12.1. The molecule has 7 heteroatoms. The van der Waals surface area contributed by atoms with Crippen LogP contribution < -0.4 is 5.32 Å². The van der Waals surface area contributed by atoms with E-state index in [2.05, 4.69) is 25.9 Å². The van der Waals surface area contributed by atoms with Crippen molar-refractivity contribution >= 4 is 34.4 Å². The molecule has 1 unspecified atom stereocenters. The van der Waals surface area contributed by atoms with Gasteiger partial charge in [0.15, 0.2) is 0 Å². The predicted octanol–water partition coefficient (Wildman–Crippen LogP) is 5.11. The Kier molecular flexibility index (Phi) is 5.31. The van der Waals surface area contributed by atoms with Crippen LogP contribution in [0.1, 0.15) is 23.2 Å². The number of hydrogen-bond acceptors (Lipinski definition) is 4. The number of nitrogens with zero attached hydrogens (tertiary/aromatic N) is 3. The molecule has 0 amide bonds. The summed E-state index contributed by atoms with van der Waals surface area (Å²) in [4.78, 5) is 21.2. The van der Waals surface area contributed by atoms with Crippen LogP contribution in [0, 0.1) is 6.92 Å². The van der Waals surface area contributed by atoms with E-state index in [-0.39, 0.29) is 0 Å². The number of carboxylic acid groups (broad SMARTS) is 1. The van der Waals surface area contributed by atoms with E-state index < -0.39 is 12.0 Å². The van der Waals surface area contributed by atoms with Crippen molar-refractivity contribution in [1.82, 2.24) is 14.5 Å². The molecule has 0 fully saturated rings. The molecule has 1 atom stereocenters. The second-order valence-corrected chi connectivity index (χ2v) is 8.54. The SMILES string of the molecule is Cc1c(Cl)cccc1-c1c2n(c3ncnc(NC(Cc4ccccc4)C(=O)O)c13)CCC2. The van der Waals surface area contributed by atoms with Gasteiger partial charge >= 0.3 is 5.97 Å². The molecule has 0 saturated carbocycles. The minimum atomic E-state index is -0.923. The molecule has 0 bridgehead atoms. The lowest BCUT2D eigenvalue weighted by atomic mass is 9.97. The smallest absolute Gasteiger partial charge is 0.326 e. The Morgan fingerprint density at radius 1 is 1.19 bits per heavy atom. The normalized spacial score (nSPS) is 13.8. The van der Waals surface area contributed by atoms with Crippen LogP contribution in [0.3, 0.4) is 0 Å². The van der Waals surface area contributed by atoms with Crippen LogP contribution in [0.15, 0.2) is 54.9 Å². The van der Waals surface area contributed by atoms with E-state index >= 15 is 0 Å². The molecule has 0 saturated heterocycles. The van der Waals surface area contributed by atoms with Gasteiger partial charge in [0.2, 0.25) is 0 Å². The number of nitrogens with one attached hydrogen (secondary N) is 1. The fourth-order valence-corrected chi connectivity index (χ4v) is 4.79. The average molecular weight is 447 g/mol. The predicted molar refractivity (Wildman–Crippen MR) is 126 cm³/mol. The first kappa shape index (κ1) is 20.5. The zero-order chi connectivity index (χ0) is 22.2. The summed E-state index contributed by atoms with van der Waals surface area (Å²) in [6.07, 6.45) is 3.84. The number of carboxylic acids is 1. The van der Waals surface area contributed by atoms with Crippen LogP contribution in [-0.4, -0.2) is 31.7 Å². The molecule has 5 rings (SSSR count). The Labute approximate surface area is 190 Å². The van der Waals surface area contributed by atoms with Gasteiger partial charge in [-0.2, -0.15) is 0 Å². The van der Waals surface area contributed by atoms with Crippen molar-refractivity contribution in [3.05, 3.63) is 76.7 Å². The molecule has 0 spiro atoms. The van der Waals surface area contributed by atoms with Gasteiger partial charge < -0.3 is 15.0 Å². The van der Waals surface area contributed by atoms with E-state index in [0.717, 1.165) is 52.7 Å². The highest BCUT2D eigenvalue weighted by Gasteiger charge is 2.28. The summed E-state index contributed by atoms with van der Waals surface area (Å²) in [5.41, 5.74) is 6.04. The maximum Gasteiger partial charge on any atom is 0.326 e. The number of hydrogen-bond donors (Lipinski definition) is 2. The Balaban J connectivity index is 1.66. The largest absolute Gasteiger partial charge is 0.480 e. The first-order valence-corrected chi connectivity index (χ1v) is 11.1. The van der Waals surface area contributed by atoms with Crippen molar-refractivity contribution < 1.29 is 9.90 Å². The Morgan fingerprint density at radius 3 is 2.78 bits per heavy atom. The first-order valence-electron chi connectivity index (χ1n) is 10.7. The molecular formula is C25H23ClN4O2. The van der Waals surface area contributed by atoms with Crippen LogP contribution in [0.2, 0.25) is 5.02 Å². The molecule has 6 nitrogen and oxygen atoms in total. The van der Waals surface area contributed by atoms with Crippen LogP contribution in [0.5, 0.6) is 0 Å². The first-order chi connectivity index (χ1) is 15.5. The van der Waals surface area contributed by atoms with E-state index in [1.807, 2.05) is 49.4 Å². The van der Waals surface area contributed by atoms with Crippen molar-refractivity contribution in [2.75, 3.05) is 5.32 Å². The van der Waals surface area contributed by atoms with Crippen LogP contribution >= 0.6 is 11.6 Å². The van der Waals surface area contributed by atoms with Gasteiger partial charge in [0.25, 0.3) is 0 Å². The van der Waals surface area contributed by atoms with Gasteiger partial charge in [-0.3, -0.25) is 0 Å². The molecule has 0 radical (unpaired) electrons. The molecule has 2 aromatic carbocycles. The maximum atomic E-state index is 12.1. The highest BCUT2D eigenvalue weighted by molar-refractivity contribution is 6.31. The lowest BCUT2D eigenvalue weighted by Crippen LogP contribution is -2.32. The fourth-order valence-electron chi connectivity index (χ4n) is 4.62. The number of aryl methyl sites for hydroxylation is 1. The number of aliphatic carboxylic acids is 1. The molecule has 2 aromatic heterocycles. The Bertz CT molecular complexity index is 1320. The van der Waals surface area contributed by atoms with Gasteiger partial charge in [-0.15, -0.1) is 0 Å². The summed E-state index contributed by atoms with van der Waals surface area (Å²) in [5.74, 6) is -0.387. The Morgan fingerprint density at radius 2 is 2.00 bits per heavy atom. The van der Waals surface area contributed by atoms with Crippen molar-refractivity contribution in [3.63, 3.8) is 0 Å². The molecule has 1 aliphatic heterocycles. The summed E-state index contributed by atoms with van der Waals surface area (Å²) in [7, 11) is 0. The zero-order valence-corrected chi connectivity index (χ0v) is 18.4. The van der Waals surface area contributed by atoms with Gasteiger partial charge in [-0.25, -0.2) is 14.8 Å². The number of fused-ring (bicyclic) bond motifs is 3. The van der Waals surface area contributed by atoms with Crippen LogP contribution in [-0.2, 0) is 24.2 Å². The second kappa shape index (κ2) is 8.28. The Hall–Kier alpha value is -3.38. The topological polar surface area (TPSA) is 80.0 Å². The van der Waals surface area contributed by atoms with Crippen molar-refractivity contribution in [2.24, 2.45) is 0 Å². The van der Waals surface area contributed by atoms with E-state index in [4.69, 9.17) is 11.6 Å². The summed E-state index contributed by atoms with van der Waals surface area (Å²) < 4.78 is 2.23. The minimum Gasteiger partial charge on any atom is -0.480 e. The number of benzene rings is 2. The lowest BCUT2D eigenvalue weighted by Gasteiger charge is -2.17. The second-order valence-electron chi connectivity index (χ2n) is 8.14. The molecule has 1 aliphatic rings. The van der Waals surface area contributed by atoms with E-state index in [1.54, 1.807) is 0 Å². The fraction of sp³-hybridized carbons (Fsp3) is 0.240. The lowest BCUT2D eigenvalue weighted by molar-refractivity contribution is -0.137. The third kappa shape index (κ3) is 3.50. The van der Waals surface area contributed by atoms with E-state index in [0.29, 0.717) is 17.3 Å². The summed E-state index contributed by atoms with van der Waals surface area (Å²) in [6, 6.07) is 14.7. The summed E-state index contributed by atoms with van der Waals surface area (Å²) in [6.45, 7) is 2.89. The van der Waals surface area contributed by atoms with Gasteiger partial charge in [0.05, 0.1) is 5.39 Å². The standard InChI is InChI=1S/C25H23ClN4O2/c1-15-17(9-5-10-18(15)26)21-20-11-6-12-30(20)24-22(21)23(27-14-28-24)29-19(25(31)32)13-16-7-3-2-4-8-16/h2-5,7-10,14,19H,6,11-13H2,1H3,(H,31,32)(H,27,28,29). The van der Waals surface area contributed by atoms with Crippen molar-refractivity contribution in [1.29, 1.82) is 0 Å². The van der Waals surface area contributed by atoms with Gasteiger partial charge in [0.1, 0.15) is 23.8 Å². The van der Waals surface area contributed by atoms with E-state index in [1.165, 1.54) is 12.0 Å². The summed E-state index contributed by atoms with van der Waals surface area (Å²) >= 11 is 6.46. The van der Waals surface area contributed by atoms with Crippen LogP contribution in [0.4, 0.5) is 5.82 Å². The number of rotatable bonds is 6. The molecule has 2 N–H and O–H groups in total. The number of carbonyl (C=O) groups is 1. The molecule has 32 heavy (non-hydrogen) atoms. The molecular weight excluding hydrogens is 424 g/mol. The molecule has 4 aromatic rings. The quantitative estimate of drug-likeness (QED) is 0.430. The number of anilines is 1. The number of halogens is 1. The molecule has 162 valence electrons. The van der Waals surface area contributed by atoms with E-state index in [9.17, 15) is 9.90 Å².